The fourth-order valence-electron chi connectivity index (χ4n) is 2.40. The van der Waals surface area contributed by atoms with Gasteiger partial charge in [0.05, 0.1) is 0 Å². The van der Waals surface area contributed by atoms with Gasteiger partial charge in [-0.1, -0.05) is 61.9 Å². The topological polar surface area (TPSA) is 0 Å². The van der Waals surface area contributed by atoms with E-state index in [-0.39, 0.29) is 0 Å². The van der Waals surface area contributed by atoms with Crippen LogP contribution in [-0.4, -0.2) is 8.11 Å². The van der Waals surface area contributed by atoms with Crippen LogP contribution >= 0.6 is 11.1 Å². The third-order valence-electron chi connectivity index (χ3n) is 3.65. The Labute approximate surface area is 122 Å². The van der Waals surface area contributed by atoms with Gasteiger partial charge in [-0.05, 0) is 41.3 Å². The highest BCUT2D eigenvalue weighted by atomic mass is 35.6. The summed E-state index contributed by atoms with van der Waals surface area (Å²) < 4.78 is 0. The van der Waals surface area contributed by atoms with Gasteiger partial charge < -0.3 is 0 Å². The molecule has 1 unspecified atom stereocenters. The molecule has 19 heavy (non-hydrogen) atoms. The fourth-order valence-corrected chi connectivity index (χ4v) is 5.37. The number of rotatable bonds is 4. The molecule has 0 aliphatic carbocycles. The second-order valence-corrected chi connectivity index (χ2v) is 8.33. The van der Waals surface area contributed by atoms with Crippen LogP contribution < -0.4 is 10.4 Å². The Balaban J connectivity index is 2.43. The van der Waals surface area contributed by atoms with Crippen LogP contribution in [0.4, 0.5) is 0 Å². The summed E-state index contributed by atoms with van der Waals surface area (Å²) in [7, 11) is -1.57. The van der Waals surface area contributed by atoms with E-state index >= 15 is 0 Å². The van der Waals surface area contributed by atoms with Crippen LogP contribution in [0.5, 0.6) is 0 Å². The Morgan fingerprint density at radius 3 is 2.05 bits per heavy atom. The zero-order valence-electron chi connectivity index (χ0n) is 11.9. The van der Waals surface area contributed by atoms with Gasteiger partial charge >= 0.3 is 0 Å². The van der Waals surface area contributed by atoms with Crippen molar-refractivity contribution in [2.45, 2.75) is 33.6 Å². The first kappa shape index (κ1) is 14.4. The Morgan fingerprint density at radius 1 is 0.947 bits per heavy atom. The zero-order chi connectivity index (χ0) is 13.8. The van der Waals surface area contributed by atoms with E-state index in [0.717, 1.165) is 12.8 Å². The number of benzene rings is 2. The summed E-state index contributed by atoms with van der Waals surface area (Å²) in [6, 6.07) is 15.4. The summed E-state index contributed by atoms with van der Waals surface area (Å²) in [6.07, 6.45) is 2.15. The van der Waals surface area contributed by atoms with E-state index in [1.165, 1.54) is 27.1 Å². The van der Waals surface area contributed by atoms with Gasteiger partial charge in [0.1, 0.15) is 0 Å². The average Bonchev–Trinajstić information content (AvgIpc) is 2.46. The molecule has 2 heteroatoms. The molecule has 0 bridgehead atoms. The smallest absolute Gasteiger partial charge is 0.159 e. The van der Waals surface area contributed by atoms with E-state index < -0.39 is 8.11 Å². The van der Waals surface area contributed by atoms with Crippen LogP contribution in [0, 0.1) is 6.92 Å². The van der Waals surface area contributed by atoms with Gasteiger partial charge in [0.15, 0.2) is 0 Å². The Bertz CT molecular complexity index is 541. The highest BCUT2D eigenvalue weighted by Gasteiger charge is 2.16. The lowest BCUT2D eigenvalue weighted by Crippen LogP contribution is -2.39. The van der Waals surface area contributed by atoms with E-state index in [0.29, 0.717) is 0 Å². The second kappa shape index (κ2) is 6.40. The van der Waals surface area contributed by atoms with E-state index in [9.17, 15) is 0 Å². The maximum absolute atomic E-state index is 6.83. The minimum atomic E-state index is -1.57. The van der Waals surface area contributed by atoms with Crippen molar-refractivity contribution in [3.63, 3.8) is 0 Å². The molecule has 100 valence electrons. The molecule has 0 radical (unpaired) electrons. The molecular formula is C17H21ClSi. The molecule has 0 aliphatic heterocycles. The van der Waals surface area contributed by atoms with E-state index in [1.54, 1.807) is 0 Å². The Morgan fingerprint density at radius 2 is 1.53 bits per heavy atom. The van der Waals surface area contributed by atoms with Gasteiger partial charge in [0.25, 0.3) is 0 Å². The zero-order valence-corrected chi connectivity index (χ0v) is 13.8. The van der Waals surface area contributed by atoms with Crippen molar-refractivity contribution in [3.05, 3.63) is 59.2 Å². The molecule has 0 spiro atoms. The van der Waals surface area contributed by atoms with Crippen LogP contribution in [0.25, 0.3) is 0 Å². The first-order chi connectivity index (χ1) is 9.15. The largest absolute Gasteiger partial charge is 0.202 e. The standard InChI is InChI=1S/C17H21ClSi/c1-4-14-10-15(5-2)12-16(11-14)19(18)17-9-7-6-8-13(17)3/h6-12,19H,4-5H2,1-3H3. The van der Waals surface area contributed by atoms with Gasteiger partial charge in [-0.25, -0.2) is 0 Å². The van der Waals surface area contributed by atoms with Crippen LogP contribution in [0.3, 0.4) is 0 Å². The fraction of sp³-hybridized carbons (Fsp3) is 0.294. The third-order valence-corrected chi connectivity index (χ3v) is 7.22. The van der Waals surface area contributed by atoms with Crippen LogP contribution in [0.1, 0.15) is 30.5 Å². The summed E-state index contributed by atoms with van der Waals surface area (Å²) in [5.74, 6) is 0. The molecule has 0 N–H and O–H groups in total. The van der Waals surface area contributed by atoms with Crippen molar-refractivity contribution in [1.82, 2.24) is 0 Å². The Hall–Kier alpha value is -1.05. The predicted octanol–water partition coefficient (Wildman–Crippen LogP) is 3.20. The van der Waals surface area contributed by atoms with Crippen molar-refractivity contribution in [1.29, 1.82) is 0 Å². The second-order valence-electron chi connectivity index (χ2n) is 5.01. The van der Waals surface area contributed by atoms with Crippen molar-refractivity contribution in [2.75, 3.05) is 0 Å². The molecule has 2 aromatic carbocycles. The van der Waals surface area contributed by atoms with Gasteiger partial charge in [-0.2, -0.15) is 11.1 Å². The molecular weight excluding hydrogens is 268 g/mol. The molecule has 0 nitrogen and oxygen atoms in total. The molecule has 0 fully saturated rings. The van der Waals surface area contributed by atoms with Crippen LogP contribution in [-0.2, 0) is 12.8 Å². The minimum absolute atomic E-state index is 1.08. The predicted molar refractivity (Wildman–Crippen MR) is 88.6 cm³/mol. The van der Waals surface area contributed by atoms with Gasteiger partial charge in [0, 0.05) is 0 Å². The molecule has 0 heterocycles. The van der Waals surface area contributed by atoms with Gasteiger partial charge in [-0.3, -0.25) is 0 Å². The molecule has 0 aliphatic rings. The van der Waals surface area contributed by atoms with Crippen LogP contribution in [0.15, 0.2) is 42.5 Å². The number of hydrogen-bond acceptors (Lipinski definition) is 0. The normalized spacial score (nSPS) is 12.4. The van der Waals surface area contributed by atoms with Crippen molar-refractivity contribution < 1.29 is 0 Å². The first-order valence-electron chi connectivity index (χ1n) is 6.98. The lowest BCUT2D eigenvalue weighted by molar-refractivity contribution is 1.09. The lowest BCUT2D eigenvalue weighted by Gasteiger charge is -2.14. The number of aryl methyl sites for hydroxylation is 3. The molecule has 2 rings (SSSR count). The van der Waals surface area contributed by atoms with E-state index in [1.807, 2.05) is 0 Å². The lowest BCUT2D eigenvalue weighted by atomic mass is 10.1. The minimum Gasteiger partial charge on any atom is -0.159 e. The molecule has 0 saturated heterocycles. The molecule has 0 aromatic heterocycles. The van der Waals surface area contributed by atoms with Crippen LogP contribution in [0.2, 0.25) is 0 Å². The number of hydrogen-bond donors (Lipinski definition) is 0. The summed E-state index contributed by atoms with van der Waals surface area (Å²) in [4.78, 5) is 0. The summed E-state index contributed by atoms with van der Waals surface area (Å²) in [5.41, 5.74) is 4.12. The molecule has 0 saturated carbocycles. The summed E-state index contributed by atoms with van der Waals surface area (Å²) in [6.45, 7) is 6.57. The summed E-state index contributed by atoms with van der Waals surface area (Å²) >= 11 is 6.83. The molecule has 1 atom stereocenters. The third kappa shape index (κ3) is 3.29. The van der Waals surface area contributed by atoms with Crippen molar-refractivity contribution in [2.24, 2.45) is 0 Å². The molecule has 0 amide bonds. The summed E-state index contributed by atoms with van der Waals surface area (Å²) in [5, 5.41) is 2.70. The average molecular weight is 289 g/mol. The van der Waals surface area contributed by atoms with Crippen molar-refractivity contribution in [3.8, 4) is 0 Å². The van der Waals surface area contributed by atoms with E-state index in [4.69, 9.17) is 11.1 Å². The molecule has 2 aromatic rings. The monoisotopic (exact) mass is 288 g/mol. The highest BCUT2D eigenvalue weighted by molar-refractivity contribution is 7.21. The first-order valence-corrected chi connectivity index (χ1v) is 9.88. The SMILES string of the molecule is CCc1cc(CC)cc([SiH](Cl)c2ccccc2C)c1. The van der Waals surface area contributed by atoms with E-state index in [2.05, 4.69) is 63.2 Å². The van der Waals surface area contributed by atoms with Gasteiger partial charge in [-0.15, -0.1) is 0 Å². The highest BCUT2D eigenvalue weighted by Crippen LogP contribution is 2.08. The van der Waals surface area contributed by atoms with Gasteiger partial charge in [0.2, 0.25) is 8.11 Å². The maximum atomic E-state index is 6.83. The Kier molecular flexibility index (Phi) is 4.84. The maximum Gasteiger partial charge on any atom is 0.202 e. The number of halogens is 1. The van der Waals surface area contributed by atoms with Crippen molar-refractivity contribution >= 4 is 29.6 Å². The quantitative estimate of drug-likeness (QED) is 0.599.